The summed E-state index contributed by atoms with van der Waals surface area (Å²) in [5.74, 6) is -8.29. The molecule has 0 spiro atoms. The van der Waals surface area contributed by atoms with Crippen LogP contribution >= 0.6 is 0 Å². The number of rotatable bonds is 10. The lowest BCUT2D eigenvalue weighted by molar-refractivity contribution is -0.271. The molecule has 8 aliphatic rings. The standard InChI is InChI=1S/C57H58N2O22/c1-22-55-45(33(18-76-22)80-31-14-56(72,34(62)16-60)12-26-39(31)52(70)43-41(48(26)66)46(64)24-7-5-9-29(74-3)37(24)50(43)68)59-19-58(20-78-55)28-11-36(79-23(2)54(28)77-21-59)81-32-15-57(73,35(63)17-61)13-27-40(32)53(71)44-42(49(27)67)47(65)25-8-6-10-30(75-4)38(25)51(44)69/h5-10,22-23,28,31-33,36,45,54-55,60-61,66-67,70-73H,11-21H2,1-4H3/t22-,23-,28?,31-,32-,33+,36-,45?,54?,55?,56-,57-/m0/s1. The number of aromatic hydroxyl groups is 4. The van der Waals surface area contributed by atoms with E-state index in [9.17, 15) is 69.6 Å². The van der Waals surface area contributed by atoms with Crippen LogP contribution in [0, 0.1) is 0 Å². The number of carbonyl (C=O) groups excluding carboxylic acids is 6. The van der Waals surface area contributed by atoms with Crippen molar-refractivity contribution < 1.29 is 108 Å². The summed E-state index contributed by atoms with van der Waals surface area (Å²) < 4.78 is 50.4. The van der Waals surface area contributed by atoms with Gasteiger partial charge in [-0.05, 0) is 26.0 Å². The molecule has 0 aromatic heterocycles. The SMILES string of the molecule is COc1cccc2c1C(=O)c1c(O)c3c(c(O)c1C2=O)C[C@@](O)(C(=O)CO)C[C@@H]3O[C@H]1CC2C(OCN3CN2COC2C3[C@H](O[C@H]3C[C@](O)(C(=O)CO)Cc4c(O)c5c(c(O)c43)C(=O)c3c(OC)cccc3C5=O)CO[C@H]2C)[C@H](C)O1. The highest BCUT2D eigenvalue weighted by Gasteiger charge is 2.56. The highest BCUT2D eigenvalue weighted by atomic mass is 16.7. The van der Waals surface area contributed by atoms with Gasteiger partial charge in [0.2, 0.25) is 11.6 Å². The average molecular weight is 1120 g/mol. The number of hydrogen-bond acceptors (Lipinski definition) is 24. The molecule has 4 aromatic rings. The number of carbonyl (C=O) groups is 6. The van der Waals surface area contributed by atoms with Crippen molar-refractivity contribution >= 4 is 34.7 Å². The Labute approximate surface area is 460 Å². The van der Waals surface area contributed by atoms with Crippen LogP contribution in [0.25, 0.3) is 0 Å². The maximum atomic E-state index is 14.4. The molecule has 24 heteroatoms. The van der Waals surface area contributed by atoms with Gasteiger partial charge in [-0.15, -0.1) is 0 Å². The average Bonchev–Trinajstić information content (AvgIpc) is 3.87. The lowest BCUT2D eigenvalue weighted by Crippen LogP contribution is -2.61. The lowest BCUT2D eigenvalue weighted by atomic mass is 9.71. The molecule has 4 aliphatic carbocycles. The van der Waals surface area contributed by atoms with E-state index in [-0.39, 0.29) is 89.2 Å². The van der Waals surface area contributed by atoms with E-state index in [1.54, 1.807) is 13.8 Å². The summed E-state index contributed by atoms with van der Waals surface area (Å²) in [7, 11) is 2.61. The normalized spacial score (nSPS) is 32.7. The number of ketones is 6. The molecule has 4 heterocycles. The highest BCUT2D eigenvalue weighted by molar-refractivity contribution is 6.32. The van der Waals surface area contributed by atoms with Crippen LogP contribution < -0.4 is 9.47 Å². The lowest BCUT2D eigenvalue weighted by Gasteiger charge is -2.47. The smallest absolute Gasteiger partial charge is 0.202 e. The van der Waals surface area contributed by atoms with Crippen molar-refractivity contribution in [1.29, 1.82) is 0 Å². The first-order valence-corrected chi connectivity index (χ1v) is 26.4. The zero-order chi connectivity index (χ0) is 57.5. The topological polar surface area (TPSA) is 345 Å². The van der Waals surface area contributed by atoms with E-state index in [1.165, 1.54) is 50.6 Å². The van der Waals surface area contributed by atoms with Gasteiger partial charge in [-0.1, -0.05) is 24.3 Å². The predicted molar refractivity (Wildman–Crippen MR) is 271 cm³/mol. The van der Waals surface area contributed by atoms with E-state index in [1.807, 2.05) is 9.80 Å². The monoisotopic (exact) mass is 1120 g/mol. The second-order valence-corrected chi connectivity index (χ2v) is 22.0. The van der Waals surface area contributed by atoms with Crippen LogP contribution in [0.15, 0.2) is 36.4 Å². The third-order valence-corrected chi connectivity index (χ3v) is 17.6. The molecule has 6 unspecified atom stereocenters. The molecular formula is C57H58N2O22. The van der Waals surface area contributed by atoms with E-state index in [2.05, 4.69) is 0 Å². The molecule has 2 bridgehead atoms. The molecule has 24 nitrogen and oxygen atoms in total. The Balaban J connectivity index is 0.857. The van der Waals surface area contributed by atoms with Gasteiger partial charge in [0.25, 0.3) is 0 Å². The fourth-order valence-corrected chi connectivity index (χ4v) is 13.7. The zero-order valence-electron chi connectivity index (χ0n) is 44.2. The van der Waals surface area contributed by atoms with Crippen LogP contribution in [-0.2, 0) is 50.9 Å². The van der Waals surface area contributed by atoms with Gasteiger partial charge in [0, 0.05) is 71.5 Å². The Kier molecular flexibility index (Phi) is 13.5. The molecule has 12 rings (SSSR count). The van der Waals surface area contributed by atoms with Crippen molar-refractivity contribution in [2.45, 2.75) is 118 Å². The minimum absolute atomic E-state index is 0.0202. The summed E-state index contributed by atoms with van der Waals surface area (Å²) in [5, 5.41) is 92.4. The number of phenolic OH excluding ortho intramolecular Hbond substituents is 4. The summed E-state index contributed by atoms with van der Waals surface area (Å²) >= 11 is 0. The minimum Gasteiger partial charge on any atom is -0.507 e. The van der Waals surface area contributed by atoms with E-state index in [0.717, 1.165) is 0 Å². The third-order valence-electron chi connectivity index (χ3n) is 17.6. The fourth-order valence-electron chi connectivity index (χ4n) is 13.7. The van der Waals surface area contributed by atoms with Crippen molar-refractivity contribution in [2.24, 2.45) is 0 Å². The molecule has 4 saturated heterocycles. The number of methoxy groups -OCH3 is 2. The molecule has 4 fully saturated rings. The molecular weight excluding hydrogens is 1060 g/mol. The Hall–Kier alpha value is -6.78. The van der Waals surface area contributed by atoms with Gasteiger partial charge in [-0.25, -0.2) is 0 Å². The molecule has 8 N–H and O–H groups in total. The van der Waals surface area contributed by atoms with Gasteiger partial charge in [0.15, 0.2) is 29.4 Å². The Morgan fingerprint density at radius 3 is 1.60 bits per heavy atom. The van der Waals surface area contributed by atoms with Gasteiger partial charge in [-0.2, -0.15) is 0 Å². The molecule has 0 radical (unpaired) electrons. The second-order valence-electron chi connectivity index (χ2n) is 22.0. The molecule has 428 valence electrons. The van der Waals surface area contributed by atoms with Crippen LogP contribution in [0.3, 0.4) is 0 Å². The van der Waals surface area contributed by atoms with Crippen molar-refractivity contribution in [3.63, 3.8) is 0 Å². The van der Waals surface area contributed by atoms with Crippen LogP contribution in [0.1, 0.15) is 131 Å². The summed E-state index contributed by atoms with van der Waals surface area (Å²) in [5.41, 5.74) is -8.31. The van der Waals surface area contributed by atoms with Crippen molar-refractivity contribution in [3.05, 3.63) is 103 Å². The first-order valence-electron chi connectivity index (χ1n) is 26.4. The summed E-state index contributed by atoms with van der Waals surface area (Å²) in [4.78, 5) is 87.5. The molecule has 81 heavy (non-hydrogen) atoms. The van der Waals surface area contributed by atoms with Gasteiger partial charge in [0.1, 0.15) is 84.6 Å². The molecule has 14 atom stereocenters. The van der Waals surface area contributed by atoms with E-state index >= 15 is 0 Å². The summed E-state index contributed by atoms with van der Waals surface area (Å²) in [6, 6.07) is 7.31. The number of benzene rings is 4. The van der Waals surface area contributed by atoms with Crippen molar-refractivity contribution in [2.75, 3.05) is 54.2 Å². The summed E-state index contributed by atoms with van der Waals surface area (Å²) in [6.07, 6.45) is -10.5. The maximum Gasteiger partial charge on any atom is 0.202 e. The number of fused-ring (bicyclic) bond motifs is 12. The van der Waals surface area contributed by atoms with Crippen LogP contribution in [0.5, 0.6) is 34.5 Å². The second kappa shape index (κ2) is 20.0. The van der Waals surface area contributed by atoms with Gasteiger partial charge >= 0.3 is 0 Å². The van der Waals surface area contributed by atoms with E-state index in [4.69, 9.17) is 37.9 Å². The number of Topliss-reactive ketones (excluding diaryl/α,β-unsaturated/α-hetero) is 2. The molecule has 0 amide bonds. The largest absolute Gasteiger partial charge is 0.507 e. The van der Waals surface area contributed by atoms with Gasteiger partial charge < -0.3 is 78.7 Å². The van der Waals surface area contributed by atoms with Crippen molar-refractivity contribution in [1.82, 2.24) is 9.80 Å². The van der Waals surface area contributed by atoms with Gasteiger partial charge in [-0.3, -0.25) is 38.6 Å². The fraction of sp³-hybridized carbons (Fsp3) is 0.474. The van der Waals surface area contributed by atoms with Crippen LogP contribution in [0.4, 0.5) is 0 Å². The number of phenols is 4. The minimum atomic E-state index is -2.40. The van der Waals surface area contributed by atoms with Crippen LogP contribution in [0.2, 0.25) is 0 Å². The third kappa shape index (κ3) is 8.25. The number of aliphatic hydroxyl groups is 4. The first kappa shape index (κ1) is 54.8. The number of nitrogens with zero attached hydrogens (tertiary/aromatic N) is 2. The quantitative estimate of drug-likeness (QED) is 0.0896. The number of ether oxygens (including phenoxy) is 8. The zero-order valence-corrected chi connectivity index (χ0v) is 44.2. The highest BCUT2D eigenvalue weighted by Crippen LogP contribution is 2.55. The molecule has 4 aromatic carbocycles. The Bertz CT molecular complexity index is 3400. The Morgan fingerprint density at radius 2 is 1.10 bits per heavy atom. The van der Waals surface area contributed by atoms with Crippen LogP contribution in [-0.4, -0.2) is 200 Å². The molecule has 0 saturated carbocycles. The Morgan fingerprint density at radius 1 is 0.617 bits per heavy atom. The summed E-state index contributed by atoms with van der Waals surface area (Å²) in [6.45, 7) is 1.22. The molecule has 4 aliphatic heterocycles. The van der Waals surface area contributed by atoms with E-state index in [0.29, 0.717) is 0 Å². The maximum absolute atomic E-state index is 14.4. The van der Waals surface area contributed by atoms with Crippen molar-refractivity contribution in [3.8, 4) is 34.5 Å². The first-order chi connectivity index (χ1) is 38.7. The van der Waals surface area contributed by atoms with E-state index < -0.39 is 191 Å². The number of hydrogen-bond donors (Lipinski definition) is 8. The number of aliphatic hydroxyl groups excluding tert-OH is 2. The van der Waals surface area contributed by atoms with Gasteiger partial charge in [0.05, 0.1) is 97.4 Å². The predicted octanol–water partition coefficient (Wildman–Crippen LogP) is 1.30.